The van der Waals surface area contributed by atoms with Crippen LogP contribution in [0.5, 0.6) is 11.5 Å². The molecule has 0 aliphatic carbocycles. The van der Waals surface area contributed by atoms with Gasteiger partial charge in [-0.3, -0.25) is 0 Å². The highest BCUT2D eigenvalue weighted by atomic mass is 79.9. The smallest absolute Gasteiger partial charge is 0.175 e. The van der Waals surface area contributed by atoms with E-state index in [1.165, 1.54) is 0 Å². The van der Waals surface area contributed by atoms with Gasteiger partial charge in [-0.05, 0) is 60.3 Å². The predicted molar refractivity (Wildman–Crippen MR) is 92.2 cm³/mol. The number of hydrogen-bond donors (Lipinski definition) is 1. The average molecular weight is 356 g/mol. The number of nitrogens with two attached hydrogens (primary N) is 1. The van der Waals surface area contributed by atoms with Gasteiger partial charge < -0.3 is 15.2 Å². The number of benzene rings is 1. The van der Waals surface area contributed by atoms with Crippen molar-refractivity contribution in [3.8, 4) is 11.5 Å². The molecule has 0 saturated carbocycles. The molecule has 1 unspecified atom stereocenters. The molecular weight excluding hydrogens is 330 g/mol. The van der Waals surface area contributed by atoms with E-state index in [0.717, 1.165) is 46.4 Å². The van der Waals surface area contributed by atoms with Crippen molar-refractivity contribution in [1.82, 2.24) is 0 Å². The Labute approximate surface area is 136 Å². The molecular formula is C17H26BrNO2. The van der Waals surface area contributed by atoms with Crippen LogP contribution in [0.2, 0.25) is 0 Å². The van der Waals surface area contributed by atoms with Crippen molar-refractivity contribution >= 4 is 15.9 Å². The maximum atomic E-state index is 6.03. The summed E-state index contributed by atoms with van der Waals surface area (Å²) in [6.07, 6.45) is 2.63. The van der Waals surface area contributed by atoms with Gasteiger partial charge in [-0.15, -0.1) is 6.58 Å². The van der Waals surface area contributed by atoms with E-state index in [2.05, 4.69) is 35.5 Å². The predicted octanol–water partition coefficient (Wildman–Crippen LogP) is 4.47. The fraction of sp³-hybridized carbons (Fsp3) is 0.529. The van der Waals surface area contributed by atoms with Gasteiger partial charge in [0.2, 0.25) is 0 Å². The summed E-state index contributed by atoms with van der Waals surface area (Å²) in [6.45, 7) is 11.2. The molecule has 0 fully saturated rings. The minimum absolute atomic E-state index is 0.168. The molecule has 1 atom stereocenters. The lowest BCUT2D eigenvalue weighted by atomic mass is 10.0. The summed E-state index contributed by atoms with van der Waals surface area (Å²) in [7, 11) is 0. The van der Waals surface area contributed by atoms with Gasteiger partial charge in [0.25, 0.3) is 0 Å². The second-order valence-corrected chi connectivity index (χ2v) is 6.12. The van der Waals surface area contributed by atoms with E-state index < -0.39 is 0 Å². The van der Waals surface area contributed by atoms with Crippen molar-refractivity contribution in [1.29, 1.82) is 0 Å². The minimum Gasteiger partial charge on any atom is -0.490 e. The summed E-state index contributed by atoms with van der Waals surface area (Å²) in [5.74, 6) is 1.53. The summed E-state index contributed by atoms with van der Waals surface area (Å²) in [6, 6.07) is 4.26. The summed E-state index contributed by atoms with van der Waals surface area (Å²) in [5, 5.41) is 0. The Morgan fingerprint density at radius 3 is 2.62 bits per heavy atom. The second-order valence-electron chi connectivity index (χ2n) is 5.27. The van der Waals surface area contributed by atoms with Gasteiger partial charge in [0, 0.05) is 12.5 Å². The molecule has 21 heavy (non-hydrogen) atoms. The van der Waals surface area contributed by atoms with E-state index in [9.17, 15) is 0 Å². The van der Waals surface area contributed by atoms with Crippen molar-refractivity contribution in [2.45, 2.75) is 46.1 Å². The molecule has 0 aromatic heterocycles. The summed E-state index contributed by atoms with van der Waals surface area (Å²) in [4.78, 5) is 0. The number of hydrogen-bond acceptors (Lipinski definition) is 3. The molecule has 0 spiro atoms. The highest BCUT2D eigenvalue weighted by Crippen LogP contribution is 2.37. The molecule has 0 aliphatic heterocycles. The van der Waals surface area contributed by atoms with Crippen LogP contribution < -0.4 is 15.2 Å². The van der Waals surface area contributed by atoms with Crippen LogP contribution in [-0.2, 0) is 6.42 Å². The molecule has 4 heteroatoms. The monoisotopic (exact) mass is 355 g/mol. The van der Waals surface area contributed by atoms with E-state index in [0.29, 0.717) is 13.2 Å². The number of rotatable bonds is 9. The van der Waals surface area contributed by atoms with Crippen LogP contribution in [-0.4, -0.2) is 19.3 Å². The van der Waals surface area contributed by atoms with Gasteiger partial charge in [0.15, 0.2) is 11.5 Å². The largest absolute Gasteiger partial charge is 0.490 e. The molecule has 1 aromatic carbocycles. The minimum atomic E-state index is 0.168. The zero-order chi connectivity index (χ0) is 15.8. The van der Waals surface area contributed by atoms with Gasteiger partial charge in [-0.2, -0.15) is 0 Å². The van der Waals surface area contributed by atoms with Crippen LogP contribution >= 0.6 is 15.9 Å². The quantitative estimate of drug-likeness (QED) is 0.664. The van der Waals surface area contributed by atoms with Gasteiger partial charge in [0.05, 0.1) is 17.7 Å². The summed E-state index contributed by atoms with van der Waals surface area (Å²) < 4.78 is 12.5. The maximum Gasteiger partial charge on any atom is 0.175 e. The fourth-order valence-electron chi connectivity index (χ4n) is 1.92. The van der Waals surface area contributed by atoms with E-state index >= 15 is 0 Å². The third-order valence-electron chi connectivity index (χ3n) is 3.17. The topological polar surface area (TPSA) is 44.5 Å². The zero-order valence-corrected chi connectivity index (χ0v) is 14.8. The lowest BCUT2D eigenvalue weighted by Crippen LogP contribution is -2.21. The van der Waals surface area contributed by atoms with Crippen molar-refractivity contribution in [3.05, 3.63) is 34.3 Å². The Hall–Kier alpha value is -1.00. The lowest BCUT2D eigenvalue weighted by Gasteiger charge is -2.17. The third-order valence-corrected chi connectivity index (χ3v) is 3.76. The normalized spacial score (nSPS) is 12.0. The van der Waals surface area contributed by atoms with Crippen LogP contribution in [0.1, 0.15) is 39.2 Å². The molecule has 0 aliphatic rings. The summed E-state index contributed by atoms with van der Waals surface area (Å²) in [5.41, 5.74) is 8.30. The zero-order valence-electron chi connectivity index (χ0n) is 13.2. The van der Waals surface area contributed by atoms with Crippen LogP contribution in [0.25, 0.3) is 0 Å². The standard InChI is InChI=1S/C17H26BrNO2/c1-5-14(19)9-13-10-15(18)17(16(11-13)20-6-2)21-8-7-12(3)4/h10-11,14H,3,5-9,19H2,1-2,4H3. The third kappa shape index (κ3) is 6.10. The fourth-order valence-corrected chi connectivity index (χ4v) is 2.52. The van der Waals surface area contributed by atoms with E-state index in [4.69, 9.17) is 15.2 Å². The van der Waals surface area contributed by atoms with E-state index in [1.807, 2.05) is 19.9 Å². The molecule has 0 amide bonds. The van der Waals surface area contributed by atoms with Crippen molar-refractivity contribution in [3.63, 3.8) is 0 Å². The van der Waals surface area contributed by atoms with E-state index in [-0.39, 0.29) is 6.04 Å². The van der Waals surface area contributed by atoms with E-state index in [1.54, 1.807) is 0 Å². The Morgan fingerprint density at radius 2 is 2.05 bits per heavy atom. The van der Waals surface area contributed by atoms with Crippen LogP contribution in [0, 0.1) is 0 Å². The first-order chi connectivity index (χ1) is 9.97. The molecule has 0 saturated heterocycles. The first-order valence-electron chi connectivity index (χ1n) is 7.45. The average Bonchev–Trinajstić information content (AvgIpc) is 2.41. The number of halogens is 1. The number of ether oxygens (including phenoxy) is 2. The Kier molecular flexibility index (Phi) is 7.83. The molecule has 0 bridgehead atoms. The maximum absolute atomic E-state index is 6.03. The molecule has 2 N–H and O–H groups in total. The van der Waals surface area contributed by atoms with Crippen LogP contribution in [0.4, 0.5) is 0 Å². The summed E-state index contributed by atoms with van der Waals surface area (Å²) >= 11 is 3.58. The SMILES string of the molecule is C=C(C)CCOc1c(Br)cc(CC(N)CC)cc1OCC. The molecule has 1 aromatic rings. The highest BCUT2D eigenvalue weighted by molar-refractivity contribution is 9.10. The Bertz CT molecular complexity index is 474. The van der Waals surface area contributed by atoms with Crippen molar-refractivity contribution in [2.75, 3.05) is 13.2 Å². The van der Waals surface area contributed by atoms with Crippen molar-refractivity contribution < 1.29 is 9.47 Å². The Balaban J connectivity index is 2.92. The highest BCUT2D eigenvalue weighted by Gasteiger charge is 2.13. The Morgan fingerprint density at radius 1 is 1.33 bits per heavy atom. The molecule has 0 radical (unpaired) electrons. The molecule has 118 valence electrons. The first-order valence-corrected chi connectivity index (χ1v) is 8.25. The second kappa shape index (κ2) is 9.11. The van der Waals surface area contributed by atoms with Gasteiger partial charge >= 0.3 is 0 Å². The van der Waals surface area contributed by atoms with Gasteiger partial charge in [-0.1, -0.05) is 12.5 Å². The van der Waals surface area contributed by atoms with Gasteiger partial charge in [0.1, 0.15) is 0 Å². The van der Waals surface area contributed by atoms with Crippen molar-refractivity contribution in [2.24, 2.45) is 5.73 Å². The molecule has 3 nitrogen and oxygen atoms in total. The van der Waals surface area contributed by atoms with Crippen LogP contribution in [0.15, 0.2) is 28.8 Å². The molecule has 1 rings (SSSR count). The molecule has 0 heterocycles. The van der Waals surface area contributed by atoms with Gasteiger partial charge in [-0.25, -0.2) is 0 Å². The lowest BCUT2D eigenvalue weighted by molar-refractivity contribution is 0.277. The first kappa shape index (κ1) is 18.1. The van der Waals surface area contributed by atoms with Crippen LogP contribution in [0.3, 0.4) is 0 Å².